The number of fused-ring (bicyclic) bond motifs is 4. The average Bonchev–Trinajstić information content (AvgIpc) is 3.00. The van der Waals surface area contributed by atoms with Crippen LogP contribution < -0.4 is 0 Å². The van der Waals surface area contributed by atoms with Crippen LogP contribution in [-0.4, -0.2) is 15.0 Å². The zero-order valence-corrected chi connectivity index (χ0v) is 12.9. The molecule has 0 amide bonds. The number of rotatable bonds is 1. The maximum Gasteiger partial charge on any atom is 0.128 e. The normalized spacial score (nSPS) is 11.5. The van der Waals surface area contributed by atoms with E-state index in [-0.39, 0.29) is 0 Å². The second-order valence-electron chi connectivity index (χ2n) is 5.38. The summed E-state index contributed by atoms with van der Waals surface area (Å²) < 4.78 is 1.23. The molecule has 0 N–H and O–H groups in total. The zero-order chi connectivity index (χ0) is 15.2. The quantitative estimate of drug-likeness (QED) is 0.434. The van der Waals surface area contributed by atoms with Crippen molar-refractivity contribution in [3.63, 3.8) is 0 Å². The minimum absolute atomic E-state index is 0.907. The molecular weight excluding hydrogens is 302 g/mol. The van der Waals surface area contributed by atoms with Gasteiger partial charge in [-0.05, 0) is 17.5 Å². The SMILES string of the molecule is c1ccc2c(-c3ncnc4sc5ccccc5c34)nccc2c1. The van der Waals surface area contributed by atoms with E-state index in [9.17, 15) is 0 Å². The van der Waals surface area contributed by atoms with Gasteiger partial charge in [0.1, 0.15) is 16.9 Å². The van der Waals surface area contributed by atoms with Crippen LogP contribution in [0.1, 0.15) is 0 Å². The van der Waals surface area contributed by atoms with Gasteiger partial charge in [0.15, 0.2) is 0 Å². The molecule has 0 unspecified atom stereocenters. The predicted octanol–water partition coefficient (Wildman–Crippen LogP) is 5.06. The Morgan fingerprint density at radius 1 is 0.696 bits per heavy atom. The van der Waals surface area contributed by atoms with E-state index in [1.54, 1.807) is 17.7 Å². The Balaban J connectivity index is 1.96. The first kappa shape index (κ1) is 12.7. The summed E-state index contributed by atoms with van der Waals surface area (Å²) in [5, 5.41) is 4.57. The molecule has 4 heteroatoms. The first-order valence-electron chi connectivity index (χ1n) is 7.38. The molecule has 3 nitrogen and oxygen atoms in total. The van der Waals surface area contributed by atoms with E-state index in [0.717, 1.165) is 27.0 Å². The molecule has 0 atom stereocenters. The lowest BCUT2D eigenvalue weighted by atomic mass is 10.0. The van der Waals surface area contributed by atoms with Crippen molar-refractivity contribution < 1.29 is 0 Å². The van der Waals surface area contributed by atoms with E-state index in [4.69, 9.17) is 0 Å². The highest BCUT2D eigenvalue weighted by Gasteiger charge is 2.15. The topological polar surface area (TPSA) is 38.7 Å². The van der Waals surface area contributed by atoms with Crippen LogP contribution in [0.3, 0.4) is 0 Å². The second-order valence-corrected chi connectivity index (χ2v) is 6.41. The van der Waals surface area contributed by atoms with Crippen LogP contribution in [0.25, 0.3) is 42.5 Å². The first-order valence-corrected chi connectivity index (χ1v) is 8.20. The first-order chi connectivity index (χ1) is 11.4. The Hall–Kier alpha value is -2.85. The van der Waals surface area contributed by atoms with Gasteiger partial charge in [0.05, 0.1) is 5.69 Å². The Morgan fingerprint density at radius 3 is 2.48 bits per heavy atom. The van der Waals surface area contributed by atoms with Crippen molar-refractivity contribution in [2.24, 2.45) is 0 Å². The molecule has 0 aliphatic carbocycles. The van der Waals surface area contributed by atoms with Crippen LogP contribution in [0, 0.1) is 0 Å². The molecule has 5 aromatic rings. The molecule has 2 aromatic carbocycles. The Labute approximate surface area is 136 Å². The number of nitrogens with zero attached hydrogens (tertiary/aromatic N) is 3. The smallest absolute Gasteiger partial charge is 0.128 e. The molecular formula is C19H11N3S. The molecule has 108 valence electrons. The highest BCUT2D eigenvalue weighted by atomic mass is 32.1. The third-order valence-corrected chi connectivity index (χ3v) is 5.15. The third kappa shape index (κ3) is 1.85. The molecule has 5 rings (SSSR count). The second kappa shape index (κ2) is 4.83. The number of aromatic nitrogens is 3. The molecule has 3 aromatic heterocycles. The van der Waals surface area contributed by atoms with Crippen molar-refractivity contribution in [2.75, 3.05) is 0 Å². The molecule has 0 saturated carbocycles. The summed E-state index contributed by atoms with van der Waals surface area (Å²) in [6, 6.07) is 18.7. The van der Waals surface area contributed by atoms with E-state index in [1.165, 1.54) is 15.5 Å². The molecule has 0 saturated heterocycles. The van der Waals surface area contributed by atoms with Gasteiger partial charge in [-0.25, -0.2) is 9.97 Å². The van der Waals surface area contributed by atoms with Crippen LogP contribution in [0.2, 0.25) is 0 Å². The van der Waals surface area contributed by atoms with E-state index in [0.29, 0.717) is 0 Å². The third-order valence-electron chi connectivity index (χ3n) is 4.07. The van der Waals surface area contributed by atoms with Gasteiger partial charge in [0.2, 0.25) is 0 Å². The van der Waals surface area contributed by atoms with Gasteiger partial charge in [-0.2, -0.15) is 0 Å². The van der Waals surface area contributed by atoms with E-state index in [1.807, 2.05) is 24.4 Å². The number of thiophene rings is 1. The molecule has 3 heterocycles. The maximum absolute atomic E-state index is 4.63. The van der Waals surface area contributed by atoms with Gasteiger partial charge < -0.3 is 0 Å². The molecule has 0 fully saturated rings. The number of hydrogen-bond acceptors (Lipinski definition) is 4. The van der Waals surface area contributed by atoms with Gasteiger partial charge >= 0.3 is 0 Å². The largest absolute Gasteiger partial charge is 0.254 e. The van der Waals surface area contributed by atoms with Gasteiger partial charge in [-0.15, -0.1) is 11.3 Å². The van der Waals surface area contributed by atoms with E-state index >= 15 is 0 Å². The molecule has 0 aliphatic rings. The Morgan fingerprint density at radius 2 is 1.52 bits per heavy atom. The van der Waals surface area contributed by atoms with Crippen LogP contribution in [0.4, 0.5) is 0 Å². The summed E-state index contributed by atoms with van der Waals surface area (Å²) in [7, 11) is 0. The lowest BCUT2D eigenvalue weighted by Crippen LogP contribution is -1.91. The fraction of sp³-hybridized carbons (Fsp3) is 0. The van der Waals surface area contributed by atoms with E-state index in [2.05, 4.69) is 51.4 Å². The summed E-state index contributed by atoms with van der Waals surface area (Å²) in [5.41, 5.74) is 1.82. The molecule has 0 bridgehead atoms. The minimum Gasteiger partial charge on any atom is -0.254 e. The summed E-state index contributed by atoms with van der Waals surface area (Å²) in [6.45, 7) is 0. The summed E-state index contributed by atoms with van der Waals surface area (Å²) >= 11 is 1.70. The highest BCUT2D eigenvalue weighted by Crippen LogP contribution is 2.38. The van der Waals surface area contributed by atoms with Crippen molar-refractivity contribution >= 4 is 42.4 Å². The standard InChI is InChI=1S/C19H11N3S/c1-2-6-13-12(5-1)9-10-20-17(13)18-16-14-7-3-4-8-15(14)23-19(16)22-11-21-18/h1-11H. The van der Waals surface area contributed by atoms with Crippen molar-refractivity contribution in [2.45, 2.75) is 0 Å². The van der Waals surface area contributed by atoms with Crippen molar-refractivity contribution in [3.05, 3.63) is 67.1 Å². The van der Waals surface area contributed by atoms with Crippen molar-refractivity contribution in [3.8, 4) is 11.4 Å². The summed E-state index contributed by atoms with van der Waals surface area (Å²) in [4.78, 5) is 14.7. The van der Waals surface area contributed by atoms with Gasteiger partial charge in [-0.1, -0.05) is 42.5 Å². The molecule has 0 aliphatic heterocycles. The average molecular weight is 313 g/mol. The van der Waals surface area contributed by atoms with Gasteiger partial charge in [-0.3, -0.25) is 4.98 Å². The minimum atomic E-state index is 0.907. The van der Waals surface area contributed by atoms with Gasteiger partial charge in [0.25, 0.3) is 0 Å². The number of pyridine rings is 1. The highest BCUT2D eigenvalue weighted by molar-refractivity contribution is 7.25. The van der Waals surface area contributed by atoms with Crippen molar-refractivity contribution in [1.82, 2.24) is 15.0 Å². The van der Waals surface area contributed by atoms with E-state index < -0.39 is 0 Å². The number of hydrogen-bond donors (Lipinski definition) is 0. The monoisotopic (exact) mass is 313 g/mol. The fourth-order valence-corrected chi connectivity index (χ4v) is 4.09. The van der Waals surface area contributed by atoms with Crippen LogP contribution >= 0.6 is 11.3 Å². The fourth-order valence-electron chi connectivity index (χ4n) is 3.04. The predicted molar refractivity (Wildman–Crippen MR) is 95.7 cm³/mol. The van der Waals surface area contributed by atoms with Crippen LogP contribution in [-0.2, 0) is 0 Å². The molecule has 0 spiro atoms. The molecule has 0 radical (unpaired) electrons. The van der Waals surface area contributed by atoms with Crippen LogP contribution in [0.15, 0.2) is 67.1 Å². The van der Waals surface area contributed by atoms with Gasteiger partial charge in [0, 0.05) is 27.1 Å². The summed E-state index contributed by atoms with van der Waals surface area (Å²) in [5.74, 6) is 0. The lowest BCUT2D eigenvalue weighted by Gasteiger charge is -2.06. The van der Waals surface area contributed by atoms with Crippen LogP contribution in [0.5, 0.6) is 0 Å². The lowest BCUT2D eigenvalue weighted by molar-refractivity contribution is 1.21. The summed E-state index contributed by atoms with van der Waals surface area (Å²) in [6.07, 6.45) is 3.48. The molecule has 23 heavy (non-hydrogen) atoms. The Kier molecular flexibility index (Phi) is 2.66. The maximum atomic E-state index is 4.63. The Bertz CT molecular complexity index is 1170. The zero-order valence-electron chi connectivity index (χ0n) is 12.1. The van der Waals surface area contributed by atoms with Crippen molar-refractivity contribution in [1.29, 1.82) is 0 Å². The number of benzene rings is 2.